The molecule has 0 heterocycles. The number of halogens is 3. The van der Waals surface area contributed by atoms with Crippen LogP contribution in [0.1, 0.15) is 19.4 Å². The molecule has 0 saturated heterocycles. The minimum Gasteiger partial charge on any atom is -0.462 e. The van der Waals surface area contributed by atoms with Crippen molar-refractivity contribution in [3.05, 3.63) is 29.8 Å². The molecule has 0 aliphatic rings. The Bertz CT molecular complexity index is 401. The Morgan fingerprint density at radius 3 is 2.33 bits per heavy atom. The SMILES string of the molecule is CC(=O)OC(C)CSc1ccc(C(F)(F)F)cc1. The average Bonchev–Trinajstić information content (AvgIpc) is 2.25. The summed E-state index contributed by atoms with van der Waals surface area (Å²) in [5, 5.41) is 0. The average molecular weight is 278 g/mol. The van der Waals surface area contributed by atoms with E-state index in [2.05, 4.69) is 0 Å². The standard InChI is InChI=1S/C12H13F3O2S/c1-8(17-9(2)16)7-18-11-5-3-10(4-6-11)12(13,14)15/h3-6,8H,7H2,1-2H3. The first-order valence-corrected chi connectivity index (χ1v) is 6.25. The number of alkyl halides is 3. The first-order valence-electron chi connectivity index (χ1n) is 5.26. The van der Waals surface area contributed by atoms with Crippen LogP contribution in [0.4, 0.5) is 13.2 Å². The Morgan fingerprint density at radius 2 is 1.89 bits per heavy atom. The normalized spacial score (nSPS) is 13.2. The molecule has 1 atom stereocenters. The molecule has 0 bridgehead atoms. The summed E-state index contributed by atoms with van der Waals surface area (Å²) < 4.78 is 41.8. The minimum absolute atomic E-state index is 0.269. The van der Waals surface area contributed by atoms with Gasteiger partial charge in [-0.25, -0.2) is 0 Å². The van der Waals surface area contributed by atoms with E-state index >= 15 is 0 Å². The van der Waals surface area contributed by atoms with Crippen molar-refractivity contribution < 1.29 is 22.7 Å². The van der Waals surface area contributed by atoms with E-state index in [-0.39, 0.29) is 12.1 Å². The molecule has 0 radical (unpaired) electrons. The number of rotatable bonds is 4. The van der Waals surface area contributed by atoms with Crippen LogP contribution in [-0.4, -0.2) is 17.8 Å². The van der Waals surface area contributed by atoms with E-state index in [0.29, 0.717) is 10.6 Å². The second kappa shape index (κ2) is 6.13. The summed E-state index contributed by atoms with van der Waals surface area (Å²) in [6.07, 6.45) is -4.58. The van der Waals surface area contributed by atoms with Gasteiger partial charge in [0.2, 0.25) is 0 Å². The largest absolute Gasteiger partial charge is 0.462 e. The van der Waals surface area contributed by atoms with Gasteiger partial charge >= 0.3 is 12.1 Å². The van der Waals surface area contributed by atoms with E-state index in [0.717, 1.165) is 12.1 Å². The molecule has 0 aliphatic heterocycles. The molecule has 1 aromatic carbocycles. The fourth-order valence-electron chi connectivity index (χ4n) is 1.27. The molecule has 6 heteroatoms. The molecule has 0 saturated carbocycles. The molecule has 100 valence electrons. The lowest BCUT2D eigenvalue weighted by molar-refractivity contribution is -0.144. The van der Waals surface area contributed by atoms with E-state index in [1.165, 1.54) is 30.8 Å². The van der Waals surface area contributed by atoms with Crippen LogP contribution in [0.2, 0.25) is 0 Å². The Morgan fingerprint density at radius 1 is 1.33 bits per heavy atom. The lowest BCUT2D eigenvalue weighted by Gasteiger charge is -2.11. The number of esters is 1. The zero-order chi connectivity index (χ0) is 13.8. The highest BCUT2D eigenvalue weighted by Crippen LogP contribution is 2.30. The maximum Gasteiger partial charge on any atom is 0.416 e. The molecule has 1 unspecified atom stereocenters. The fourth-order valence-corrected chi connectivity index (χ4v) is 2.09. The topological polar surface area (TPSA) is 26.3 Å². The van der Waals surface area contributed by atoms with E-state index in [4.69, 9.17) is 4.74 Å². The zero-order valence-corrected chi connectivity index (χ0v) is 10.8. The maximum absolute atomic E-state index is 12.3. The highest BCUT2D eigenvalue weighted by molar-refractivity contribution is 7.99. The molecule has 0 amide bonds. The molecular formula is C12H13F3O2S. The van der Waals surface area contributed by atoms with Crippen LogP contribution in [0.5, 0.6) is 0 Å². The monoisotopic (exact) mass is 278 g/mol. The quantitative estimate of drug-likeness (QED) is 0.620. The fraction of sp³-hybridized carbons (Fsp3) is 0.417. The van der Waals surface area contributed by atoms with Crippen LogP contribution < -0.4 is 0 Å². The van der Waals surface area contributed by atoms with Crippen LogP contribution in [0, 0.1) is 0 Å². The number of hydrogen-bond acceptors (Lipinski definition) is 3. The van der Waals surface area contributed by atoms with Crippen molar-refractivity contribution in [2.75, 3.05) is 5.75 Å². The van der Waals surface area contributed by atoms with Gasteiger partial charge in [-0.15, -0.1) is 11.8 Å². The van der Waals surface area contributed by atoms with Crippen molar-refractivity contribution >= 4 is 17.7 Å². The first kappa shape index (κ1) is 14.9. The molecule has 18 heavy (non-hydrogen) atoms. The summed E-state index contributed by atoms with van der Waals surface area (Å²) in [7, 11) is 0. The molecule has 2 nitrogen and oxygen atoms in total. The van der Waals surface area contributed by atoms with Crippen molar-refractivity contribution in [3.63, 3.8) is 0 Å². The third-order valence-corrected chi connectivity index (χ3v) is 3.28. The van der Waals surface area contributed by atoms with Crippen LogP contribution >= 0.6 is 11.8 Å². The van der Waals surface area contributed by atoms with Crippen molar-refractivity contribution in [1.82, 2.24) is 0 Å². The third-order valence-electron chi connectivity index (χ3n) is 2.03. The van der Waals surface area contributed by atoms with Gasteiger partial charge in [0.05, 0.1) is 5.56 Å². The number of carbonyl (C=O) groups excluding carboxylic acids is 1. The summed E-state index contributed by atoms with van der Waals surface area (Å²) in [5.41, 5.74) is -0.667. The van der Waals surface area contributed by atoms with Crippen LogP contribution in [0.15, 0.2) is 29.2 Å². The van der Waals surface area contributed by atoms with Gasteiger partial charge < -0.3 is 4.74 Å². The van der Waals surface area contributed by atoms with E-state index < -0.39 is 11.7 Å². The molecule has 1 rings (SSSR count). The lowest BCUT2D eigenvalue weighted by Crippen LogP contribution is -2.14. The Hall–Kier alpha value is -1.17. The minimum atomic E-state index is -4.31. The molecule has 0 spiro atoms. The first-order chi connectivity index (χ1) is 8.29. The Balaban J connectivity index is 2.52. The molecule has 0 aromatic heterocycles. The Kier molecular flexibility index (Phi) is 5.07. The summed E-state index contributed by atoms with van der Waals surface area (Å²) in [6.45, 7) is 3.05. The number of benzene rings is 1. The molecule has 0 N–H and O–H groups in total. The van der Waals surface area contributed by atoms with Gasteiger partial charge in [0.15, 0.2) is 0 Å². The van der Waals surface area contributed by atoms with Gasteiger partial charge in [-0.05, 0) is 31.2 Å². The second-order valence-corrected chi connectivity index (χ2v) is 4.85. The van der Waals surface area contributed by atoms with E-state index in [1.807, 2.05) is 0 Å². The molecule has 0 aliphatic carbocycles. The molecule has 0 fully saturated rings. The van der Waals surface area contributed by atoms with Gasteiger partial charge in [0.25, 0.3) is 0 Å². The second-order valence-electron chi connectivity index (χ2n) is 3.75. The summed E-state index contributed by atoms with van der Waals surface area (Å²) in [5.74, 6) is 0.140. The van der Waals surface area contributed by atoms with E-state index in [1.54, 1.807) is 6.92 Å². The number of thioether (sulfide) groups is 1. The van der Waals surface area contributed by atoms with E-state index in [9.17, 15) is 18.0 Å². The van der Waals surface area contributed by atoms with Crippen molar-refractivity contribution in [2.24, 2.45) is 0 Å². The lowest BCUT2D eigenvalue weighted by atomic mass is 10.2. The van der Waals surface area contributed by atoms with Crippen molar-refractivity contribution in [3.8, 4) is 0 Å². The van der Waals surface area contributed by atoms with Crippen LogP contribution in [0.3, 0.4) is 0 Å². The van der Waals surface area contributed by atoms with Gasteiger partial charge in [0, 0.05) is 17.6 Å². The maximum atomic E-state index is 12.3. The van der Waals surface area contributed by atoms with Crippen LogP contribution in [0.25, 0.3) is 0 Å². The summed E-state index contributed by atoms with van der Waals surface area (Å²) in [6, 6.07) is 4.90. The van der Waals surface area contributed by atoms with Gasteiger partial charge in [-0.1, -0.05) is 0 Å². The predicted molar refractivity (Wildman–Crippen MR) is 63.4 cm³/mol. The third kappa shape index (κ3) is 5.00. The number of carbonyl (C=O) groups is 1. The molecular weight excluding hydrogens is 265 g/mol. The zero-order valence-electron chi connectivity index (χ0n) is 9.95. The Labute approximate surface area is 108 Å². The van der Waals surface area contributed by atoms with Gasteiger partial charge in [-0.3, -0.25) is 4.79 Å². The highest BCUT2D eigenvalue weighted by Gasteiger charge is 2.29. The van der Waals surface area contributed by atoms with Crippen molar-refractivity contribution in [1.29, 1.82) is 0 Å². The summed E-state index contributed by atoms with van der Waals surface area (Å²) >= 11 is 1.35. The number of ether oxygens (including phenoxy) is 1. The van der Waals surface area contributed by atoms with Crippen molar-refractivity contribution in [2.45, 2.75) is 31.0 Å². The highest BCUT2D eigenvalue weighted by atomic mass is 32.2. The summed E-state index contributed by atoms with van der Waals surface area (Å²) in [4.78, 5) is 11.4. The molecule has 1 aromatic rings. The van der Waals surface area contributed by atoms with Crippen LogP contribution in [-0.2, 0) is 15.7 Å². The van der Waals surface area contributed by atoms with Gasteiger partial charge in [0.1, 0.15) is 6.10 Å². The smallest absolute Gasteiger partial charge is 0.416 e. The predicted octanol–water partition coefficient (Wildman–Crippen LogP) is 3.75. The number of hydrogen-bond donors (Lipinski definition) is 0. The van der Waals surface area contributed by atoms with Gasteiger partial charge in [-0.2, -0.15) is 13.2 Å².